The number of hydrogen-bond acceptors (Lipinski definition) is 4. The van der Waals surface area contributed by atoms with E-state index in [-0.39, 0.29) is 11.4 Å². The molecule has 5 nitrogen and oxygen atoms in total. The summed E-state index contributed by atoms with van der Waals surface area (Å²) in [7, 11) is 0. The number of hydrogen-bond donors (Lipinski definition) is 1. The second kappa shape index (κ2) is 8.46. The van der Waals surface area contributed by atoms with Crippen molar-refractivity contribution in [2.24, 2.45) is 0 Å². The number of aromatic amines is 1. The minimum Gasteiger partial charge on any atom is -0.490 e. The second-order valence-electron chi connectivity index (χ2n) is 5.64. The maximum atomic E-state index is 12.3. The van der Waals surface area contributed by atoms with E-state index in [1.165, 1.54) is 0 Å². The second-order valence-corrected chi connectivity index (χ2v) is 6.48. The van der Waals surface area contributed by atoms with Crippen LogP contribution in [-0.4, -0.2) is 23.2 Å². The molecule has 3 aromatic rings. The van der Waals surface area contributed by atoms with E-state index in [0.717, 1.165) is 5.56 Å². The first-order chi connectivity index (χ1) is 13.0. The minimum absolute atomic E-state index is 0.281. The molecule has 0 atom stereocenters. The van der Waals surface area contributed by atoms with Gasteiger partial charge in [-0.2, -0.15) is 0 Å². The van der Waals surface area contributed by atoms with Crippen LogP contribution in [0, 0.1) is 0 Å². The van der Waals surface area contributed by atoms with Gasteiger partial charge in [0.2, 0.25) is 0 Å². The molecule has 0 amide bonds. The zero-order valence-corrected chi connectivity index (χ0v) is 16.4. The Hall–Kier alpha value is -2.50. The number of benzene rings is 2. The van der Waals surface area contributed by atoms with Crippen LogP contribution in [0.3, 0.4) is 0 Å². The number of nitrogens with zero attached hydrogens (tertiary/aromatic N) is 1. The van der Waals surface area contributed by atoms with Crippen LogP contribution in [0.5, 0.6) is 11.5 Å². The highest BCUT2D eigenvalue weighted by atomic mass is 35.5. The van der Waals surface area contributed by atoms with Crippen molar-refractivity contribution in [3.05, 3.63) is 63.2 Å². The van der Waals surface area contributed by atoms with Crippen molar-refractivity contribution >= 4 is 45.2 Å². The van der Waals surface area contributed by atoms with Crippen molar-refractivity contribution < 1.29 is 9.47 Å². The highest BCUT2D eigenvalue weighted by Crippen LogP contribution is 2.30. The molecule has 0 aliphatic carbocycles. The van der Waals surface area contributed by atoms with Gasteiger partial charge >= 0.3 is 0 Å². The number of aromatic nitrogens is 2. The Balaban J connectivity index is 2.00. The fraction of sp³-hybridized carbons (Fsp3) is 0.200. The molecule has 0 radical (unpaired) electrons. The van der Waals surface area contributed by atoms with Crippen molar-refractivity contribution in [1.29, 1.82) is 0 Å². The van der Waals surface area contributed by atoms with Crippen LogP contribution in [-0.2, 0) is 0 Å². The van der Waals surface area contributed by atoms with Gasteiger partial charge in [0.25, 0.3) is 5.56 Å². The molecule has 2 aromatic carbocycles. The van der Waals surface area contributed by atoms with Gasteiger partial charge in [0.05, 0.1) is 29.1 Å². The summed E-state index contributed by atoms with van der Waals surface area (Å²) in [6, 6.07) is 10.4. The number of H-pyrrole nitrogens is 1. The molecule has 1 aromatic heterocycles. The molecule has 0 fully saturated rings. The highest BCUT2D eigenvalue weighted by molar-refractivity contribution is 6.50. The lowest BCUT2D eigenvalue weighted by atomic mass is 10.2. The largest absolute Gasteiger partial charge is 0.490 e. The molecule has 1 N–H and O–H groups in total. The van der Waals surface area contributed by atoms with Gasteiger partial charge in [-0.25, -0.2) is 4.98 Å². The van der Waals surface area contributed by atoms with E-state index in [1.807, 2.05) is 32.0 Å². The SMILES string of the molecule is CCOc1ccc(/C=C(\Cl)c2nc3ccc(Cl)cc3c(=O)[nH]2)cc1OCC. The standard InChI is InChI=1S/C20H18Cl2N2O3/c1-3-26-17-8-5-12(10-18(17)27-4-2)9-15(22)19-23-16-7-6-13(21)11-14(16)20(25)24-19/h5-11H,3-4H2,1-2H3,(H,23,24,25)/b15-9-. The zero-order valence-electron chi connectivity index (χ0n) is 14.9. The Bertz CT molecular complexity index is 1060. The molecule has 3 rings (SSSR count). The maximum Gasteiger partial charge on any atom is 0.259 e. The molecule has 0 aliphatic rings. The van der Waals surface area contributed by atoms with E-state index in [0.29, 0.717) is 45.7 Å². The topological polar surface area (TPSA) is 64.2 Å². The third-order valence-corrected chi connectivity index (χ3v) is 4.28. The predicted octanol–water partition coefficient (Wildman–Crippen LogP) is 5.11. The molecule has 140 valence electrons. The molecule has 0 spiro atoms. The first kappa shape index (κ1) is 19.3. The van der Waals surface area contributed by atoms with Crippen LogP contribution < -0.4 is 15.0 Å². The van der Waals surface area contributed by atoms with Gasteiger partial charge in [-0.05, 0) is 55.8 Å². The highest BCUT2D eigenvalue weighted by Gasteiger charge is 2.09. The van der Waals surface area contributed by atoms with Crippen molar-refractivity contribution in [2.45, 2.75) is 13.8 Å². The van der Waals surface area contributed by atoms with E-state index in [4.69, 9.17) is 32.7 Å². The van der Waals surface area contributed by atoms with Crippen molar-refractivity contribution in [2.75, 3.05) is 13.2 Å². The minimum atomic E-state index is -0.300. The molecule has 27 heavy (non-hydrogen) atoms. The smallest absolute Gasteiger partial charge is 0.259 e. The van der Waals surface area contributed by atoms with Gasteiger partial charge in [0.15, 0.2) is 17.3 Å². The van der Waals surface area contributed by atoms with E-state index in [2.05, 4.69) is 9.97 Å². The lowest BCUT2D eigenvalue weighted by Gasteiger charge is -2.11. The average Bonchev–Trinajstić information content (AvgIpc) is 2.64. The Morgan fingerprint density at radius 1 is 1.11 bits per heavy atom. The third-order valence-electron chi connectivity index (χ3n) is 3.75. The summed E-state index contributed by atoms with van der Waals surface area (Å²) in [5.41, 5.74) is 1.02. The van der Waals surface area contributed by atoms with Crippen LogP contribution in [0.1, 0.15) is 25.2 Å². The summed E-state index contributed by atoms with van der Waals surface area (Å²) < 4.78 is 11.2. The fourth-order valence-electron chi connectivity index (χ4n) is 2.60. The number of fused-ring (bicyclic) bond motifs is 1. The van der Waals surface area contributed by atoms with E-state index in [9.17, 15) is 4.79 Å². The summed E-state index contributed by atoms with van der Waals surface area (Å²) in [5.74, 6) is 1.58. The third kappa shape index (κ3) is 4.43. The molecule has 7 heteroatoms. The van der Waals surface area contributed by atoms with Crippen LogP contribution in [0.25, 0.3) is 22.0 Å². The molecule has 0 saturated heterocycles. The summed E-state index contributed by atoms with van der Waals surface area (Å²) in [6.45, 7) is 4.88. The summed E-state index contributed by atoms with van der Waals surface area (Å²) in [5, 5.41) is 1.19. The van der Waals surface area contributed by atoms with E-state index < -0.39 is 0 Å². The Labute approximate surface area is 166 Å². The van der Waals surface area contributed by atoms with Gasteiger partial charge in [-0.3, -0.25) is 4.79 Å². The molecule has 0 saturated carbocycles. The quantitative estimate of drug-likeness (QED) is 0.619. The maximum absolute atomic E-state index is 12.3. The van der Waals surface area contributed by atoms with Gasteiger partial charge in [0, 0.05) is 5.02 Å². The van der Waals surface area contributed by atoms with Gasteiger partial charge in [-0.1, -0.05) is 29.3 Å². The van der Waals surface area contributed by atoms with Crippen molar-refractivity contribution in [1.82, 2.24) is 9.97 Å². The lowest BCUT2D eigenvalue weighted by molar-refractivity contribution is 0.287. The van der Waals surface area contributed by atoms with Crippen LogP contribution in [0.15, 0.2) is 41.2 Å². The van der Waals surface area contributed by atoms with E-state index in [1.54, 1.807) is 24.3 Å². The van der Waals surface area contributed by atoms with Crippen LogP contribution in [0.2, 0.25) is 5.02 Å². The van der Waals surface area contributed by atoms with Crippen LogP contribution in [0.4, 0.5) is 0 Å². The summed E-state index contributed by atoms with van der Waals surface area (Å²) >= 11 is 12.3. The molecule has 0 aliphatic heterocycles. The van der Waals surface area contributed by atoms with E-state index >= 15 is 0 Å². The van der Waals surface area contributed by atoms with Gasteiger partial charge in [-0.15, -0.1) is 0 Å². The number of rotatable bonds is 6. The predicted molar refractivity (Wildman–Crippen MR) is 110 cm³/mol. The first-order valence-corrected chi connectivity index (χ1v) is 9.24. The lowest BCUT2D eigenvalue weighted by Crippen LogP contribution is -2.10. The molecule has 1 heterocycles. The van der Waals surface area contributed by atoms with Crippen molar-refractivity contribution in [3.63, 3.8) is 0 Å². The zero-order chi connectivity index (χ0) is 19.4. The molecular formula is C20H18Cl2N2O3. The Morgan fingerprint density at radius 3 is 2.59 bits per heavy atom. The average molecular weight is 405 g/mol. The summed E-state index contributed by atoms with van der Waals surface area (Å²) in [4.78, 5) is 19.4. The fourth-order valence-corrected chi connectivity index (χ4v) is 2.98. The molecule has 0 bridgehead atoms. The monoisotopic (exact) mass is 404 g/mol. The van der Waals surface area contributed by atoms with Gasteiger partial charge in [0.1, 0.15) is 0 Å². The number of halogens is 2. The molecular weight excluding hydrogens is 387 g/mol. The van der Waals surface area contributed by atoms with Gasteiger partial charge < -0.3 is 14.5 Å². The Kier molecular flexibility index (Phi) is 6.04. The normalized spacial score (nSPS) is 11.6. The number of ether oxygens (including phenoxy) is 2. The molecule has 0 unspecified atom stereocenters. The van der Waals surface area contributed by atoms with Crippen molar-refractivity contribution in [3.8, 4) is 11.5 Å². The number of nitrogens with one attached hydrogen (secondary N) is 1. The summed E-state index contributed by atoms with van der Waals surface area (Å²) in [6.07, 6.45) is 1.71. The van der Waals surface area contributed by atoms with Crippen LogP contribution >= 0.6 is 23.2 Å². The first-order valence-electron chi connectivity index (χ1n) is 8.48. The Morgan fingerprint density at radius 2 is 1.85 bits per heavy atom.